The van der Waals surface area contributed by atoms with Gasteiger partial charge in [-0.05, 0) is 52.0 Å². The maximum Gasteiger partial charge on any atom is 0.248 e. The number of aliphatic hydroxyl groups excluding tert-OH is 1. The van der Waals surface area contributed by atoms with Crippen molar-refractivity contribution in [1.29, 1.82) is 0 Å². The number of ketones is 5. The zero-order valence-electron chi connectivity index (χ0n) is 64.7. The molecule has 1 aliphatic heterocycles. The van der Waals surface area contributed by atoms with Crippen LogP contribution in [-0.4, -0.2) is 116 Å². The van der Waals surface area contributed by atoms with Crippen LogP contribution in [0.2, 0.25) is 0 Å². The molecule has 23 nitrogen and oxygen atoms in total. The van der Waals surface area contributed by atoms with Gasteiger partial charge in [-0.3, -0.25) is 48.4 Å². The molecule has 0 bridgehead atoms. The van der Waals surface area contributed by atoms with E-state index in [2.05, 4.69) is 33.6 Å². The molecule has 26 heteroatoms. The third-order valence-corrected chi connectivity index (χ3v) is 15.1. The van der Waals surface area contributed by atoms with Crippen LogP contribution in [0.4, 0.5) is 22.2 Å². The number of aromatic hydroxyl groups is 1. The van der Waals surface area contributed by atoms with E-state index in [-0.39, 0.29) is 97.7 Å². The number of aromatic nitrogens is 1. The van der Waals surface area contributed by atoms with Crippen molar-refractivity contribution >= 4 is 109 Å². The molecule has 4 rings (SSSR count). The number of nitrogens with two attached hydrogens (primary N) is 1. The summed E-state index contributed by atoms with van der Waals surface area (Å²) < 4.78 is 25.2. The molecule has 2 heterocycles. The lowest BCUT2D eigenvalue weighted by molar-refractivity contribution is -0.137. The predicted octanol–water partition coefficient (Wildman–Crippen LogP) is 14.1. The number of carbonyl (C=O) groups excluding carboxylic acids is 9. The Morgan fingerprint density at radius 2 is 0.897 bits per heavy atom. The number of nitrogen functional groups attached to an aromatic ring is 1. The summed E-state index contributed by atoms with van der Waals surface area (Å²) in [6.07, 6.45) is 2.25. The summed E-state index contributed by atoms with van der Waals surface area (Å²) in [5.74, 6) is 0.809. The summed E-state index contributed by atoms with van der Waals surface area (Å²) in [6, 6.07) is 13.9. The number of carbonyl (C=O) groups is 9. The van der Waals surface area contributed by atoms with Crippen LogP contribution >= 0.6 is 24.0 Å². The summed E-state index contributed by atoms with van der Waals surface area (Å²) >= 11 is 5.28. The summed E-state index contributed by atoms with van der Waals surface area (Å²) in [7, 11) is -3.53. The van der Waals surface area contributed by atoms with Gasteiger partial charge in [0.25, 0.3) is 0 Å². The Kier molecular flexibility index (Phi) is 46.5. The van der Waals surface area contributed by atoms with Crippen molar-refractivity contribution < 1.29 is 76.9 Å². The van der Waals surface area contributed by atoms with Gasteiger partial charge in [-0.15, -0.1) is 11.3 Å². The number of thiazole rings is 1. The number of rotatable bonds is 8. The Balaban J connectivity index is -0.000000240. The maximum atomic E-state index is 11.6. The fraction of sp³-hybridized carbons (Fsp3) is 0.662. The molecule has 97 heavy (non-hydrogen) atoms. The van der Waals surface area contributed by atoms with Gasteiger partial charge >= 0.3 is 0 Å². The second-order valence-electron chi connectivity index (χ2n) is 32.4. The number of nitrogens with one attached hydrogen (secondary N) is 5. The number of epoxide rings is 1. The molecule has 560 valence electrons. The molecule has 4 amide bonds. The van der Waals surface area contributed by atoms with Gasteiger partial charge in [0.05, 0.1) is 28.4 Å². The van der Waals surface area contributed by atoms with Crippen LogP contribution in [0.15, 0.2) is 60.1 Å². The highest BCUT2D eigenvalue weighted by molar-refractivity contribution is 7.90. The van der Waals surface area contributed by atoms with E-state index in [0.29, 0.717) is 46.8 Å². The minimum absolute atomic E-state index is 0.00236. The molecule has 3 aromatic rings. The van der Waals surface area contributed by atoms with Crippen molar-refractivity contribution in [2.75, 3.05) is 40.7 Å². The Labute approximate surface area is 592 Å². The molecule has 1 fully saturated rings. The standard InChI is InChI=1S/C11H16N2O.C11H15NO2.C8H12N2OS.C7H12O2.C7H14O.C6H12O2.C6H12OS.C6H12O.C5H11NO2.C4H11NO3S/c1-11(2,3)10(14)13-9-7-5-4-6-8(9)12;1-11(2,3)10(14)12-8-6-4-5-7-9(8)13;1-8(2,3)6(11)10-7-9-4-5-12-7;1-7(2,3)6(8)5-4-9-5;1-5-6(8)7(2,3)4;1-6(2,3)5(8)4-7;1-6(2,3)5(7)4-8;1-5(7)6(2,3)4;1-5(2,3)4(7)6-8;1-4(2,3)9(7,8)5-6/h4-7H,12H2,1-3H3,(H,13,14);4-7,13H,1-3H3,(H,12,14);4-5H,1-3H3,(H,9,10,11);5H,4H2,1-3H3;5H2,1-4H3;7H,4H2,1-3H3;8H,4H2,1-3H3;1-4H3;8H,1-3H3,(H,6,7);5-6H,1-3H3. The minimum atomic E-state index is -3.53. The van der Waals surface area contributed by atoms with Crippen LogP contribution in [-0.2, 0) is 57.9 Å². The van der Waals surface area contributed by atoms with Gasteiger partial charge in [-0.25, -0.2) is 18.9 Å². The fourth-order valence-corrected chi connectivity index (χ4v) is 5.64. The van der Waals surface area contributed by atoms with E-state index in [1.54, 1.807) is 90.5 Å². The lowest BCUT2D eigenvalue weighted by Gasteiger charge is -2.18. The third-order valence-electron chi connectivity index (χ3n) is 12.3. The number of aliphatic hydroxyl groups is 1. The first-order valence-electron chi connectivity index (χ1n) is 31.6. The molecule has 1 aliphatic rings. The predicted molar refractivity (Wildman–Crippen MR) is 397 cm³/mol. The molecule has 1 atom stereocenters. The highest BCUT2D eigenvalue weighted by Crippen LogP contribution is 2.27. The Morgan fingerprint density at radius 1 is 0.546 bits per heavy atom. The Bertz CT molecular complexity index is 2810. The van der Waals surface area contributed by atoms with E-state index in [4.69, 9.17) is 26.0 Å². The first kappa shape index (κ1) is 102. The molecule has 1 unspecified atom stereocenters. The second kappa shape index (κ2) is 44.2. The molecule has 1 aromatic heterocycles. The number of hydrogen-bond acceptors (Lipinski definition) is 20. The van der Waals surface area contributed by atoms with E-state index < -0.39 is 31.0 Å². The zero-order chi connectivity index (χ0) is 78.7. The van der Waals surface area contributed by atoms with Crippen molar-refractivity contribution in [3.8, 4) is 5.75 Å². The van der Waals surface area contributed by atoms with E-state index in [9.17, 15) is 56.7 Å². The summed E-state index contributed by atoms with van der Waals surface area (Å²) in [6.45, 7) is 58.4. The topological polar surface area (TPSA) is 380 Å². The number of anilines is 4. The van der Waals surface area contributed by atoms with Crippen LogP contribution < -0.4 is 32.0 Å². The molecule has 0 saturated carbocycles. The molecule has 0 spiro atoms. The number of hydroxylamine groups is 1. The number of ether oxygens (including phenoxy) is 1. The highest BCUT2D eigenvalue weighted by atomic mass is 32.2. The van der Waals surface area contributed by atoms with Crippen molar-refractivity contribution in [2.45, 2.75) is 239 Å². The molecular weight excluding hydrogens is 1300 g/mol. The highest BCUT2D eigenvalue weighted by Gasteiger charge is 2.38. The molecule has 0 aliphatic carbocycles. The number of thiol groups is 1. The van der Waals surface area contributed by atoms with Gasteiger partial charge in [0, 0.05) is 72.5 Å². The number of phenolic OH excluding ortho intramolecular Hbond substituents is 1. The van der Waals surface area contributed by atoms with Gasteiger partial charge < -0.3 is 41.8 Å². The molecule has 1 saturated heterocycles. The maximum absolute atomic E-state index is 11.6. The number of hydrogen-bond donors (Lipinski definition) is 11. The summed E-state index contributed by atoms with van der Waals surface area (Å²) in [5, 5.41) is 44.6. The lowest BCUT2D eigenvalue weighted by Crippen LogP contribution is -2.37. The van der Waals surface area contributed by atoms with Gasteiger partial charge in [-0.1, -0.05) is 223 Å². The van der Waals surface area contributed by atoms with Crippen LogP contribution in [0.3, 0.4) is 0 Å². The first-order chi connectivity index (χ1) is 43.0. The monoisotopic (exact) mass is 1430 g/mol. The third kappa shape index (κ3) is 51.8. The minimum Gasteiger partial charge on any atom is -0.506 e. The van der Waals surface area contributed by atoms with Crippen LogP contribution in [0, 0.1) is 48.7 Å². The number of benzene rings is 2. The van der Waals surface area contributed by atoms with E-state index >= 15 is 0 Å². The Hall–Kier alpha value is -6.00. The lowest BCUT2D eigenvalue weighted by atomic mass is 9.89. The number of nitrogens with zero attached hydrogens (tertiary/aromatic N) is 1. The van der Waals surface area contributed by atoms with Crippen molar-refractivity contribution in [2.24, 2.45) is 48.7 Å². The van der Waals surface area contributed by atoms with Crippen LogP contribution in [0.25, 0.3) is 0 Å². The molecular formula is C71H127N7O16S3. The van der Waals surface area contributed by atoms with Gasteiger partial charge in [0.1, 0.15) is 35.8 Å². The van der Waals surface area contributed by atoms with E-state index in [1.165, 1.54) is 43.1 Å². The molecule has 2 aromatic carbocycles. The van der Waals surface area contributed by atoms with Crippen molar-refractivity contribution in [3.63, 3.8) is 0 Å². The van der Waals surface area contributed by atoms with Gasteiger partial charge in [0.15, 0.2) is 16.7 Å². The molecule has 0 radical (unpaired) electrons. The number of Topliss-reactive ketones (excluding diaryl/α,β-unsaturated/α-hetero) is 5. The SMILES string of the molecule is CC(=O)C(C)(C)C.CC(C)(C)C(=O)C1CO1.CC(C)(C)C(=O)CO.CC(C)(C)C(=O)CS.CC(C)(C)C(=O)NO.CC(C)(C)C(=O)Nc1ccccc1N.CC(C)(C)C(=O)Nc1ccccc1O.CC(C)(C)C(=O)Nc1nccs1.CC(C)(C)S(=O)(=O)NO.CCC(=O)C(C)(C)C. The fourth-order valence-electron chi connectivity index (χ4n) is 4.37. The molecule has 11 N–H and O–H groups in total. The second-order valence-corrected chi connectivity index (χ2v) is 36.0. The van der Waals surface area contributed by atoms with Crippen LogP contribution in [0.5, 0.6) is 5.75 Å². The Morgan fingerprint density at radius 3 is 1.08 bits per heavy atom. The van der Waals surface area contributed by atoms with Gasteiger partial charge in [0.2, 0.25) is 33.7 Å². The average Bonchev–Trinajstić information content (AvgIpc) is 1.84. The van der Waals surface area contributed by atoms with Crippen LogP contribution in [0.1, 0.15) is 228 Å². The quantitative estimate of drug-likeness (QED) is 0.0249. The average molecular weight is 1430 g/mol. The number of amides is 4. The van der Waals surface area contributed by atoms with Crippen molar-refractivity contribution in [3.05, 3.63) is 60.1 Å². The first-order valence-corrected chi connectivity index (χ1v) is 34.6. The normalized spacial score (nSPS) is 12.8. The summed E-state index contributed by atoms with van der Waals surface area (Å²) in [4.78, 5) is 104. The van der Waals surface area contributed by atoms with Gasteiger partial charge in [-0.2, -0.15) is 12.6 Å². The number of phenols is 1. The smallest absolute Gasteiger partial charge is 0.248 e. The number of sulfonamides is 1. The van der Waals surface area contributed by atoms with E-state index in [1.807, 2.05) is 170 Å². The number of para-hydroxylation sites is 4. The van der Waals surface area contributed by atoms with Crippen molar-refractivity contribution in [1.82, 2.24) is 15.3 Å². The zero-order valence-corrected chi connectivity index (χ0v) is 67.2. The summed E-state index contributed by atoms with van der Waals surface area (Å²) in [5.41, 5.74) is 6.20. The van der Waals surface area contributed by atoms with E-state index in [0.717, 1.165) is 0 Å². The largest absolute Gasteiger partial charge is 0.506 e.